The molecule has 1 aliphatic rings. The topological polar surface area (TPSA) is 97.3 Å². The van der Waals surface area contributed by atoms with E-state index < -0.39 is 41.4 Å². The van der Waals surface area contributed by atoms with Crippen molar-refractivity contribution in [3.05, 3.63) is 139 Å². The van der Waals surface area contributed by atoms with E-state index in [9.17, 15) is 14.4 Å². The highest BCUT2D eigenvalue weighted by Gasteiger charge is 2.39. The molecule has 4 aromatic carbocycles. The average molecular weight is 686 g/mol. The lowest BCUT2D eigenvalue weighted by Crippen LogP contribution is -2.50. The van der Waals surface area contributed by atoms with E-state index in [0.717, 1.165) is 16.7 Å². The number of benzodiazepines with no additional fused rings is 1. The molecule has 1 heterocycles. The minimum Gasteiger partial charge on any atom is -0.460 e. The summed E-state index contributed by atoms with van der Waals surface area (Å²) in [4.78, 5) is 49.3. The summed E-state index contributed by atoms with van der Waals surface area (Å²) >= 11 is 0. The third-order valence-electron chi connectivity index (χ3n) is 8.43. The number of para-hydroxylation sites is 2. The Labute approximate surface area is 301 Å². The highest BCUT2D eigenvalue weighted by Crippen LogP contribution is 2.32. The number of nitrogens with zero attached hydrogens (tertiary/aromatic N) is 2. The zero-order valence-electron chi connectivity index (χ0n) is 30.0. The minimum atomic E-state index is -1.28. The molecule has 0 aromatic heterocycles. The number of carbonyl (C=O) groups excluding carboxylic acids is 3. The van der Waals surface area contributed by atoms with Crippen LogP contribution in [0.1, 0.15) is 64.2 Å². The number of benzene rings is 4. The lowest BCUT2D eigenvalue weighted by Gasteiger charge is -2.30. The predicted octanol–water partition coefficient (Wildman–Crippen LogP) is 8.50. The zero-order valence-corrected chi connectivity index (χ0v) is 30.0. The van der Waals surface area contributed by atoms with Gasteiger partial charge in [-0.15, -0.1) is 6.58 Å². The number of fused-ring (bicyclic) bond motifs is 1. The Morgan fingerprint density at radius 3 is 2.20 bits per heavy atom. The predicted molar refractivity (Wildman–Crippen MR) is 202 cm³/mol. The van der Waals surface area contributed by atoms with E-state index in [1.165, 1.54) is 0 Å². The van der Waals surface area contributed by atoms with Gasteiger partial charge in [-0.3, -0.25) is 14.4 Å². The van der Waals surface area contributed by atoms with Crippen molar-refractivity contribution < 1.29 is 23.9 Å². The van der Waals surface area contributed by atoms with Crippen LogP contribution in [-0.2, 0) is 25.7 Å². The summed E-state index contributed by atoms with van der Waals surface area (Å²) in [6.45, 7) is 13.4. The van der Waals surface area contributed by atoms with E-state index >= 15 is 0 Å². The van der Waals surface area contributed by atoms with E-state index in [0.29, 0.717) is 29.3 Å². The second-order valence-electron chi connectivity index (χ2n) is 14.2. The van der Waals surface area contributed by atoms with Crippen molar-refractivity contribution in [1.29, 1.82) is 0 Å². The normalized spacial score (nSPS) is 15.6. The molecule has 0 saturated heterocycles. The van der Waals surface area contributed by atoms with Gasteiger partial charge in [-0.25, -0.2) is 4.99 Å². The number of anilines is 1. The van der Waals surface area contributed by atoms with Gasteiger partial charge in [0.2, 0.25) is 12.1 Å². The van der Waals surface area contributed by atoms with Crippen LogP contribution in [0, 0.1) is 17.8 Å². The Morgan fingerprint density at radius 1 is 0.882 bits per heavy atom. The molecular weight excluding hydrogens is 638 g/mol. The van der Waals surface area contributed by atoms with E-state index in [1.807, 2.05) is 123 Å². The van der Waals surface area contributed by atoms with Crippen molar-refractivity contribution in [2.45, 2.75) is 65.8 Å². The molecular formula is C43H47N3O5. The largest absolute Gasteiger partial charge is 0.460 e. The molecule has 51 heavy (non-hydrogen) atoms. The van der Waals surface area contributed by atoms with Crippen LogP contribution < -0.4 is 15.0 Å². The van der Waals surface area contributed by atoms with Crippen molar-refractivity contribution >= 4 is 29.2 Å². The van der Waals surface area contributed by atoms with Crippen LogP contribution in [-0.4, -0.2) is 35.3 Å². The molecule has 8 nitrogen and oxygen atoms in total. The van der Waals surface area contributed by atoms with Gasteiger partial charge in [0.25, 0.3) is 5.91 Å². The van der Waals surface area contributed by atoms with Crippen molar-refractivity contribution in [3.8, 4) is 11.5 Å². The van der Waals surface area contributed by atoms with Crippen molar-refractivity contribution in [2.75, 3.05) is 4.90 Å². The molecule has 4 aromatic rings. The van der Waals surface area contributed by atoms with E-state index in [4.69, 9.17) is 14.5 Å². The molecule has 1 N–H and O–H groups in total. The van der Waals surface area contributed by atoms with Crippen LogP contribution in [0.5, 0.6) is 11.5 Å². The standard InChI is InChI=1S/C43H47N3O5/c1-7-17-34(42(49)51-43(4,5)6)36(26-29(2)3)40(47)45-39-41(48)46(28-30-18-16-23-33(27-30)50-32-21-12-9-13-22-32)37-25-15-14-24-35(37)38(44-39)31-19-10-8-11-20-31/h7-16,18-25,27,29,34,36,39H,1,17,26,28H2,2-6H3,(H,45,47). The number of esters is 1. The van der Waals surface area contributed by atoms with E-state index in [-0.39, 0.29) is 18.9 Å². The number of carbonyl (C=O) groups is 3. The fourth-order valence-electron chi connectivity index (χ4n) is 6.21. The second-order valence-corrected chi connectivity index (χ2v) is 14.2. The fourth-order valence-corrected chi connectivity index (χ4v) is 6.21. The van der Waals surface area contributed by atoms with Gasteiger partial charge in [-0.05, 0) is 75.4 Å². The molecule has 3 unspecified atom stereocenters. The SMILES string of the molecule is C=CCC(C(=O)OC(C)(C)C)C(CC(C)C)C(=O)NC1N=C(c2ccccc2)c2ccccc2N(Cc2cccc(Oc3ccccc3)c2)C1=O. The second kappa shape index (κ2) is 16.5. The third-order valence-corrected chi connectivity index (χ3v) is 8.43. The van der Waals surface area contributed by atoms with E-state index in [2.05, 4.69) is 11.9 Å². The molecule has 0 radical (unpaired) electrons. The molecule has 5 rings (SSSR count). The van der Waals surface area contributed by atoms with Gasteiger partial charge in [0.05, 0.1) is 29.8 Å². The Hall–Kier alpha value is -5.50. The lowest BCUT2D eigenvalue weighted by molar-refractivity contribution is -0.164. The molecule has 0 fully saturated rings. The van der Waals surface area contributed by atoms with E-state index in [1.54, 1.807) is 31.7 Å². The van der Waals surface area contributed by atoms with Gasteiger partial charge < -0.3 is 19.7 Å². The average Bonchev–Trinajstić information content (AvgIpc) is 3.20. The Balaban J connectivity index is 1.54. The Morgan fingerprint density at radius 2 is 1.53 bits per heavy atom. The number of hydrogen-bond donors (Lipinski definition) is 1. The molecule has 1 aliphatic heterocycles. The first-order valence-corrected chi connectivity index (χ1v) is 17.4. The molecule has 3 atom stereocenters. The zero-order chi connectivity index (χ0) is 36.5. The molecule has 8 heteroatoms. The van der Waals surface area contributed by atoms with Crippen molar-refractivity contribution in [1.82, 2.24) is 5.32 Å². The lowest BCUT2D eigenvalue weighted by atomic mass is 9.82. The summed E-state index contributed by atoms with van der Waals surface area (Å²) in [5.41, 5.74) is 2.87. The molecule has 0 aliphatic carbocycles. The highest BCUT2D eigenvalue weighted by molar-refractivity contribution is 6.20. The minimum absolute atomic E-state index is 0.0786. The van der Waals surface area contributed by atoms with Crippen molar-refractivity contribution in [2.24, 2.45) is 22.7 Å². The molecule has 0 spiro atoms. The number of nitrogens with one attached hydrogen (secondary N) is 1. The summed E-state index contributed by atoms with van der Waals surface area (Å²) in [6.07, 6.45) is 1.00. The first-order valence-electron chi connectivity index (χ1n) is 17.4. The molecule has 0 saturated carbocycles. The van der Waals surface area contributed by atoms with Gasteiger partial charge in [0.15, 0.2) is 0 Å². The molecule has 2 amide bonds. The Kier molecular flexibility index (Phi) is 11.9. The van der Waals surface area contributed by atoms with Gasteiger partial charge in [0.1, 0.15) is 17.1 Å². The Bertz CT molecular complexity index is 1860. The summed E-state index contributed by atoms with van der Waals surface area (Å²) in [5, 5.41) is 2.98. The maximum absolute atomic E-state index is 14.7. The number of rotatable bonds is 13. The molecule has 264 valence electrons. The van der Waals surface area contributed by atoms with Crippen LogP contribution in [0.2, 0.25) is 0 Å². The van der Waals surface area contributed by atoms with Gasteiger partial charge in [-0.2, -0.15) is 0 Å². The van der Waals surface area contributed by atoms with Gasteiger partial charge in [0, 0.05) is 11.1 Å². The van der Waals surface area contributed by atoms with Crippen LogP contribution >= 0.6 is 0 Å². The smallest absolute Gasteiger partial charge is 0.310 e. The van der Waals surface area contributed by atoms with Crippen LogP contribution in [0.25, 0.3) is 0 Å². The monoisotopic (exact) mass is 685 g/mol. The number of amides is 2. The number of allylic oxidation sites excluding steroid dienone is 1. The maximum Gasteiger partial charge on any atom is 0.310 e. The summed E-state index contributed by atoms with van der Waals surface area (Å²) in [6, 6.07) is 34.3. The number of ether oxygens (including phenoxy) is 2. The number of aliphatic imine (C=N–C) groups is 1. The first kappa shape index (κ1) is 36.8. The number of hydrogen-bond acceptors (Lipinski definition) is 6. The summed E-state index contributed by atoms with van der Waals surface area (Å²) in [7, 11) is 0. The van der Waals surface area contributed by atoms with Gasteiger partial charge >= 0.3 is 5.97 Å². The fraction of sp³-hybridized carbons (Fsp3) is 0.302. The third kappa shape index (κ3) is 9.60. The maximum atomic E-state index is 14.7. The summed E-state index contributed by atoms with van der Waals surface area (Å²) < 4.78 is 11.9. The first-order chi connectivity index (χ1) is 24.4. The van der Waals surface area contributed by atoms with Crippen LogP contribution in [0.3, 0.4) is 0 Å². The van der Waals surface area contributed by atoms with Gasteiger partial charge in [-0.1, -0.05) is 98.8 Å². The highest BCUT2D eigenvalue weighted by atomic mass is 16.6. The van der Waals surface area contributed by atoms with Crippen LogP contribution in [0.4, 0.5) is 5.69 Å². The quantitative estimate of drug-likeness (QED) is 0.112. The van der Waals surface area contributed by atoms with Crippen molar-refractivity contribution in [3.63, 3.8) is 0 Å². The molecule has 0 bridgehead atoms. The van der Waals surface area contributed by atoms with Crippen LogP contribution in [0.15, 0.2) is 127 Å². The summed E-state index contributed by atoms with van der Waals surface area (Å²) in [5.74, 6) is -1.49.